The summed E-state index contributed by atoms with van der Waals surface area (Å²) < 4.78 is 118. The zero-order chi connectivity index (χ0) is 49.8. The van der Waals surface area contributed by atoms with Crippen LogP contribution in [0.1, 0.15) is 66.5 Å². The normalized spacial score (nSPS) is 31.1. The summed E-state index contributed by atoms with van der Waals surface area (Å²) >= 11 is 0. The van der Waals surface area contributed by atoms with E-state index in [0.29, 0.717) is 104 Å². The van der Waals surface area contributed by atoms with Crippen molar-refractivity contribution in [3.05, 3.63) is 23.3 Å². The molecule has 6 fully saturated rings. The minimum absolute atomic E-state index is 0.171. The summed E-state index contributed by atoms with van der Waals surface area (Å²) in [6.45, 7) is 20.7. The van der Waals surface area contributed by atoms with Gasteiger partial charge in [-0.2, -0.15) is 10.5 Å². The second-order valence-corrected chi connectivity index (χ2v) is 19.0. The highest BCUT2D eigenvalue weighted by Gasteiger charge is 2.60. The van der Waals surface area contributed by atoms with Gasteiger partial charge in [-0.05, 0) is 55.4 Å². The average Bonchev–Trinajstić information content (AvgIpc) is 4.14. The molecule has 0 spiro atoms. The van der Waals surface area contributed by atoms with Crippen molar-refractivity contribution >= 4 is 0 Å². The van der Waals surface area contributed by atoms with Crippen molar-refractivity contribution in [2.75, 3.05) is 119 Å². The fourth-order valence-corrected chi connectivity index (χ4v) is 8.70. The van der Waals surface area contributed by atoms with E-state index in [1.54, 1.807) is 0 Å². The molecule has 0 radical (unpaired) electrons. The maximum Gasteiger partial charge on any atom is 0.190 e. The second-order valence-electron chi connectivity index (χ2n) is 19.0. The Hall–Kier alpha value is -2.92. The summed E-state index contributed by atoms with van der Waals surface area (Å²) in [5.41, 5.74) is 0.342. The van der Waals surface area contributed by atoms with E-state index >= 15 is 0 Å². The Kier molecular flexibility index (Phi) is 19.9. The largest absolute Gasteiger partial charge is 0.487 e. The zero-order valence-electron chi connectivity index (χ0n) is 41.7. The number of hydrogen-bond acceptors (Lipinski definition) is 22. The molecule has 0 aromatic heterocycles. The molecular formula is C48H72N2O20. The average molecular weight is 997 g/mol. The third-order valence-electron chi connectivity index (χ3n) is 11.7. The molecule has 22 nitrogen and oxygen atoms in total. The fraction of sp³-hybridized carbons (Fsp3) is 0.833. The molecule has 70 heavy (non-hydrogen) atoms. The first kappa shape index (κ1) is 54.8. The van der Waals surface area contributed by atoms with Gasteiger partial charge < -0.3 is 94.7 Å². The van der Waals surface area contributed by atoms with Crippen molar-refractivity contribution in [2.24, 2.45) is 0 Å². The van der Waals surface area contributed by atoms with Crippen molar-refractivity contribution in [3.8, 4) is 23.6 Å². The maximum absolute atomic E-state index is 9.58. The van der Waals surface area contributed by atoms with Crippen LogP contribution in [0.5, 0.6) is 11.5 Å². The summed E-state index contributed by atoms with van der Waals surface area (Å²) in [6, 6.07) is 7.01. The summed E-state index contributed by atoms with van der Waals surface area (Å²) in [5.74, 6) is -2.33. The summed E-state index contributed by atoms with van der Waals surface area (Å²) in [7, 11) is 0. The van der Waals surface area contributed by atoms with Crippen LogP contribution in [0, 0.1) is 22.7 Å². The van der Waals surface area contributed by atoms with Gasteiger partial charge in [0.15, 0.2) is 47.2 Å². The van der Waals surface area contributed by atoms with Gasteiger partial charge in [0.25, 0.3) is 0 Å². The lowest BCUT2D eigenvalue weighted by molar-refractivity contribution is -0.236. The van der Waals surface area contributed by atoms with Crippen molar-refractivity contribution in [2.45, 2.75) is 140 Å². The van der Waals surface area contributed by atoms with Crippen LogP contribution in [0.15, 0.2) is 12.1 Å². The number of fused-ring (bicyclic) bond motifs is 2. The highest BCUT2D eigenvalue weighted by molar-refractivity contribution is 5.56. The number of hydrogen-bond donors (Lipinski definition) is 0. The molecule has 6 saturated heterocycles. The molecule has 0 saturated carbocycles. The SMILES string of the molecule is CC1(C)O[C@H]2O[C@H]([C@@H]3COC(C)(C)O3)[C@H](OCCOCCOCCOCCOc3cc(C#N)c(C#N)cc3OCCOCCOCCOCCO[C@@H]3[C@H]4OC(C)(C)O[C@H]4O[C@@H]3[C@@H]3COC(C)(C)O3)[C@H]2O1. The van der Waals surface area contributed by atoms with Crippen LogP contribution < -0.4 is 9.47 Å². The van der Waals surface area contributed by atoms with Crippen LogP contribution in [0.2, 0.25) is 0 Å². The van der Waals surface area contributed by atoms with E-state index in [4.69, 9.17) is 94.7 Å². The zero-order valence-corrected chi connectivity index (χ0v) is 41.7. The van der Waals surface area contributed by atoms with E-state index in [1.165, 1.54) is 12.1 Å². The Morgan fingerprint density at radius 1 is 0.429 bits per heavy atom. The van der Waals surface area contributed by atoms with Crippen LogP contribution in [-0.4, -0.2) is 203 Å². The number of benzene rings is 1. The topological polar surface area (TPSA) is 232 Å². The van der Waals surface area contributed by atoms with Gasteiger partial charge >= 0.3 is 0 Å². The van der Waals surface area contributed by atoms with E-state index in [1.807, 2.05) is 67.5 Å². The summed E-state index contributed by atoms with van der Waals surface area (Å²) in [5, 5.41) is 19.2. The van der Waals surface area contributed by atoms with Crippen molar-refractivity contribution < 1.29 is 94.7 Å². The predicted molar refractivity (Wildman–Crippen MR) is 238 cm³/mol. The van der Waals surface area contributed by atoms with Crippen LogP contribution >= 0.6 is 0 Å². The first-order valence-corrected chi connectivity index (χ1v) is 24.2. The Balaban J connectivity index is 0.690. The van der Waals surface area contributed by atoms with Gasteiger partial charge in [-0.15, -0.1) is 0 Å². The quantitative estimate of drug-likeness (QED) is 0.101. The minimum atomic E-state index is -0.776. The standard InChI is InChI=1S/C48H72N2O20/c1-45(2)61-29-35(65-45)37-39(41-43(63-37)69-47(5,6)67-41)59-23-19-55-15-11-51-9-13-53-17-21-57-33-25-31(27-49)32(28-50)26-34(33)58-22-18-54-14-10-52-12-16-56-20-24-60-40-38(36-30-62-46(3,4)66-36)64-44-42(40)68-48(7,8)70-44/h25-26,35-44H,9-24,29-30H2,1-8H3/t35-,36-,37+,38+,39-,40-,41+,42+,43+,44+/m0/s1. The van der Waals surface area contributed by atoms with Crippen molar-refractivity contribution in [3.63, 3.8) is 0 Å². The predicted octanol–water partition coefficient (Wildman–Crippen LogP) is 3.11. The first-order valence-electron chi connectivity index (χ1n) is 24.2. The molecule has 7 rings (SSSR count). The summed E-state index contributed by atoms with van der Waals surface area (Å²) in [4.78, 5) is 0. The lowest BCUT2D eigenvalue weighted by Crippen LogP contribution is -2.44. The number of nitrogens with zero attached hydrogens (tertiary/aromatic N) is 2. The van der Waals surface area contributed by atoms with Crippen LogP contribution in [0.4, 0.5) is 0 Å². The lowest BCUT2D eigenvalue weighted by atomic mass is 10.1. The molecule has 0 N–H and O–H groups in total. The van der Waals surface area contributed by atoms with Crippen LogP contribution in [0.25, 0.3) is 0 Å². The van der Waals surface area contributed by atoms with E-state index in [-0.39, 0.29) is 49.8 Å². The molecule has 10 atom stereocenters. The van der Waals surface area contributed by atoms with Gasteiger partial charge in [0.05, 0.1) is 117 Å². The third-order valence-corrected chi connectivity index (χ3v) is 11.7. The lowest BCUT2D eigenvalue weighted by Gasteiger charge is -2.29. The molecule has 0 aliphatic carbocycles. The van der Waals surface area contributed by atoms with Crippen LogP contribution in [-0.2, 0) is 85.3 Å². The molecule has 22 heteroatoms. The number of ether oxygens (including phenoxy) is 20. The van der Waals surface area contributed by atoms with Gasteiger partial charge in [-0.1, -0.05) is 0 Å². The molecule has 0 bridgehead atoms. The first-order chi connectivity index (χ1) is 33.6. The molecule has 6 aliphatic heterocycles. The number of nitriles is 2. The van der Waals surface area contributed by atoms with E-state index < -0.39 is 72.4 Å². The molecular weight excluding hydrogens is 925 g/mol. The maximum atomic E-state index is 9.58. The summed E-state index contributed by atoms with van der Waals surface area (Å²) in [6.07, 6.45) is -4.16. The van der Waals surface area contributed by atoms with E-state index in [0.717, 1.165) is 0 Å². The monoisotopic (exact) mass is 996 g/mol. The molecule has 394 valence electrons. The Morgan fingerprint density at radius 3 is 1.07 bits per heavy atom. The van der Waals surface area contributed by atoms with Gasteiger partial charge in [-0.25, -0.2) is 0 Å². The smallest absolute Gasteiger partial charge is 0.190 e. The van der Waals surface area contributed by atoms with Gasteiger partial charge in [0, 0.05) is 12.1 Å². The third kappa shape index (κ3) is 15.6. The van der Waals surface area contributed by atoms with Crippen LogP contribution in [0.3, 0.4) is 0 Å². The number of rotatable bonds is 30. The Bertz CT molecular complexity index is 1740. The Morgan fingerprint density at radius 2 is 0.757 bits per heavy atom. The second kappa shape index (κ2) is 25.3. The van der Waals surface area contributed by atoms with E-state index in [2.05, 4.69) is 0 Å². The molecule has 0 unspecified atom stereocenters. The minimum Gasteiger partial charge on any atom is -0.487 e. The molecule has 6 heterocycles. The van der Waals surface area contributed by atoms with Gasteiger partial charge in [0.1, 0.15) is 74.2 Å². The van der Waals surface area contributed by atoms with Gasteiger partial charge in [0.2, 0.25) is 0 Å². The van der Waals surface area contributed by atoms with Gasteiger partial charge in [-0.3, -0.25) is 0 Å². The fourth-order valence-electron chi connectivity index (χ4n) is 8.70. The highest BCUT2D eigenvalue weighted by atomic mass is 16.9. The van der Waals surface area contributed by atoms with Crippen molar-refractivity contribution in [1.29, 1.82) is 10.5 Å². The van der Waals surface area contributed by atoms with Crippen molar-refractivity contribution in [1.82, 2.24) is 0 Å². The molecule has 0 amide bonds. The molecule has 6 aliphatic rings. The Labute approximate surface area is 410 Å². The molecule has 1 aromatic carbocycles. The highest BCUT2D eigenvalue weighted by Crippen LogP contribution is 2.43. The van der Waals surface area contributed by atoms with E-state index in [9.17, 15) is 10.5 Å². The molecule has 1 aromatic rings.